The third kappa shape index (κ3) is 3.74. The third-order valence-electron chi connectivity index (χ3n) is 2.39. The fraction of sp³-hybridized carbons (Fsp3) is 0.462. The molecule has 0 amide bonds. The molecule has 82 valence electrons. The minimum Gasteiger partial charge on any atom is -0.366 e. The quantitative estimate of drug-likeness (QED) is 0.545. The van der Waals surface area contributed by atoms with Crippen LogP contribution >= 0.6 is 0 Å². The molecule has 0 aliphatic heterocycles. The smallest absolute Gasteiger partial charge is 0.101 e. The number of rotatable bonds is 3. The van der Waals surface area contributed by atoms with Gasteiger partial charge in [0.25, 0.3) is 0 Å². The minimum atomic E-state index is 1.03. The Morgan fingerprint density at radius 1 is 1.33 bits per heavy atom. The Labute approximate surface area is 92.6 Å². The molecule has 0 radical (unpaired) electrons. The van der Waals surface area contributed by atoms with Crippen LogP contribution in [0.25, 0.3) is 0 Å². The van der Waals surface area contributed by atoms with Gasteiger partial charge in [-0.15, -0.1) is 0 Å². The molecule has 2 nitrogen and oxygen atoms in total. The van der Waals surface area contributed by atoms with Gasteiger partial charge in [-0.2, -0.15) is 0 Å². The summed E-state index contributed by atoms with van der Waals surface area (Å²) < 4.78 is 0. The van der Waals surface area contributed by atoms with E-state index in [-0.39, 0.29) is 0 Å². The summed E-state index contributed by atoms with van der Waals surface area (Å²) >= 11 is 0. The molecule has 0 saturated heterocycles. The van der Waals surface area contributed by atoms with Crippen LogP contribution in [0.4, 0.5) is 5.69 Å². The Hall–Kier alpha value is -1.31. The van der Waals surface area contributed by atoms with Gasteiger partial charge in [0.2, 0.25) is 0 Å². The van der Waals surface area contributed by atoms with Gasteiger partial charge in [0.15, 0.2) is 0 Å². The molecule has 15 heavy (non-hydrogen) atoms. The van der Waals surface area contributed by atoms with Gasteiger partial charge in [-0.05, 0) is 31.0 Å². The van der Waals surface area contributed by atoms with Crippen LogP contribution in [0.3, 0.4) is 0 Å². The van der Waals surface area contributed by atoms with Gasteiger partial charge in [-0.1, -0.05) is 25.5 Å². The molecule has 0 fully saturated rings. The predicted molar refractivity (Wildman–Crippen MR) is 66.9 cm³/mol. The summed E-state index contributed by atoms with van der Waals surface area (Å²) in [6.45, 7) is 4.22. The second-order valence-electron chi connectivity index (χ2n) is 3.97. The number of hydrogen-bond acceptors (Lipinski definition) is 1. The van der Waals surface area contributed by atoms with Crippen molar-refractivity contribution in [2.75, 3.05) is 14.1 Å². The van der Waals surface area contributed by atoms with E-state index < -0.39 is 0 Å². The van der Waals surface area contributed by atoms with Crippen LogP contribution < -0.4 is 0 Å². The monoisotopic (exact) mass is 204 g/mol. The highest BCUT2D eigenvalue weighted by atomic mass is 15.1. The topological polar surface area (TPSA) is 15.6 Å². The van der Waals surface area contributed by atoms with E-state index in [9.17, 15) is 0 Å². The van der Waals surface area contributed by atoms with E-state index in [1.165, 1.54) is 12.0 Å². The zero-order valence-corrected chi connectivity index (χ0v) is 10.1. The molecule has 1 aromatic carbocycles. The molecule has 0 bridgehead atoms. The average molecular weight is 204 g/mol. The number of aliphatic imine (C=N–C) groups is 1. The largest absolute Gasteiger partial charge is 0.366 e. The summed E-state index contributed by atoms with van der Waals surface area (Å²) in [5.74, 6) is 1.03. The number of hydrogen-bond donors (Lipinski definition) is 0. The minimum absolute atomic E-state index is 1.03. The second-order valence-corrected chi connectivity index (χ2v) is 3.97. The van der Waals surface area contributed by atoms with Crippen LogP contribution in [-0.4, -0.2) is 24.8 Å². The molecule has 1 aromatic rings. The maximum absolute atomic E-state index is 4.54. The third-order valence-corrected chi connectivity index (χ3v) is 2.39. The van der Waals surface area contributed by atoms with Gasteiger partial charge in [-0.25, -0.2) is 4.99 Å². The Morgan fingerprint density at radius 3 is 2.67 bits per heavy atom. The Kier molecular flexibility index (Phi) is 4.35. The summed E-state index contributed by atoms with van der Waals surface area (Å²) in [7, 11) is 4.02. The van der Waals surface area contributed by atoms with Crippen molar-refractivity contribution < 1.29 is 0 Å². The molecule has 2 heteroatoms. The molecular formula is C13H20N2. The molecule has 0 saturated carbocycles. The normalized spacial score (nSPS) is 11.6. The van der Waals surface area contributed by atoms with E-state index >= 15 is 0 Å². The SMILES string of the molecule is CCCc1cccc(N=C(C)N(C)C)c1. The molecule has 0 unspecified atom stereocenters. The van der Waals surface area contributed by atoms with Gasteiger partial charge >= 0.3 is 0 Å². The van der Waals surface area contributed by atoms with Crippen molar-refractivity contribution in [3.8, 4) is 0 Å². The maximum atomic E-state index is 4.54. The van der Waals surface area contributed by atoms with Crippen molar-refractivity contribution in [1.29, 1.82) is 0 Å². The summed E-state index contributed by atoms with van der Waals surface area (Å²) in [6.07, 6.45) is 2.31. The average Bonchev–Trinajstić information content (AvgIpc) is 2.18. The first kappa shape index (κ1) is 11.8. The first-order chi connectivity index (χ1) is 7.13. The lowest BCUT2D eigenvalue weighted by atomic mass is 10.1. The Balaban J connectivity index is 2.86. The fourth-order valence-electron chi connectivity index (χ4n) is 1.36. The lowest BCUT2D eigenvalue weighted by Crippen LogP contribution is -2.17. The Morgan fingerprint density at radius 2 is 2.07 bits per heavy atom. The van der Waals surface area contributed by atoms with E-state index in [4.69, 9.17) is 0 Å². The lowest BCUT2D eigenvalue weighted by Gasteiger charge is -2.11. The standard InChI is InChI=1S/C13H20N2/c1-5-7-12-8-6-9-13(10-12)14-11(2)15(3)4/h6,8-10H,5,7H2,1-4H3. The van der Waals surface area contributed by atoms with Crippen molar-refractivity contribution in [3.05, 3.63) is 29.8 Å². The van der Waals surface area contributed by atoms with Gasteiger partial charge in [0.1, 0.15) is 5.84 Å². The molecule has 0 spiro atoms. The summed E-state index contributed by atoms with van der Waals surface area (Å²) in [5.41, 5.74) is 2.41. The second kappa shape index (κ2) is 5.54. The van der Waals surface area contributed by atoms with E-state index in [1.807, 2.05) is 32.0 Å². The number of aryl methyl sites for hydroxylation is 1. The number of amidine groups is 1. The highest BCUT2D eigenvalue weighted by Gasteiger charge is 1.96. The predicted octanol–water partition coefficient (Wildman–Crippen LogP) is 3.25. The van der Waals surface area contributed by atoms with Crippen LogP contribution in [0, 0.1) is 0 Å². The fourth-order valence-corrected chi connectivity index (χ4v) is 1.36. The van der Waals surface area contributed by atoms with Crippen LogP contribution in [0.15, 0.2) is 29.3 Å². The van der Waals surface area contributed by atoms with Gasteiger partial charge in [0, 0.05) is 14.1 Å². The highest BCUT2D eigenvalue weighted by molar-refractivity contribution is 5.82. The van der Waals surface area contributed by atoms with Crippen LogP contribution in [0.1, 0.15) is 25.8 Å². The van der Waals surface area contributed by atoms with E-state index in [1.54, 1.807) is 0 Å². The summed E-state index contributed by atoms with van der Waals surface area (Å²) in [4.78, 5) is 6.56. The van der Waals surface area contributed by atoms with Crippen LogP contribution in [-0.2, 0) is 6.42 Å². The molecule has 0 aliphatic carbocycles. The van der Waals surface area contributed by atoms with Crippen molar-refractivity contribution in [3.63, 3.8) is 0 Å². The maximum Gasteiger partial charge on any atom is 0.101 e. The van der Waals surface area contributed by atoms with Crippen molar-refractivity contribution >= 4 is 11.5 Å². The van der Waals surface area contributed by atoms with Crippen molar-refractivity contribution in [2.24, 2.45) is 4.99 Å². The van der Waals surface area contributed by atoms with Gasteiger partial charge in [0.05, 0.1) is 5.69 Å². The number of nitrogens with zero attached hydrogens (tertiary/aromatic N) is 2. The summed E-state index contributed by atoms with van der Waals surface area (Å²) in [5, 5.41) is 0. The number of benzene rings is 1. The zero-order valence-electron chi connectivity index (χ0n) is 10.1. The summed E-state index contributed by atoms with van der Waals surface area (Å²) in [6, 6.07) is 8.45. The van der Waals surface area contributed by atoms with Crippen LogP contribution in [0.2, 0.25) is 0 Å². The Bertz CT molecular complexity index is 340. The molecule has 0 aliphatic rings. The molecule has 0 atom stereocenters. The molecule has 0 heterocycles. The van der Waals surface area contributed by atoms with Crippen molar-refractivity contribution in [1.82, 2.24) is 4.90 Å². The first-order valence-corrected chi connectivity index (χ1v) is 5.45. The first-order valence-electron chi connectivity index (χ1n) is 5.45. The zero-order chi connectivity index (χ0) is 11.3. The van der Waals surface area contributed by atoms with Gasteiger partial charge < -0.3 is 4.90 Å². The molecule has 0 N–H and O–H groups in total. The molecular weight excluding hydrogens is 184 g/mol. The highest BCUT2D eigenvalue weighted by Crippen LogP contribution is 2.15. The van der Waals surface area contributed by atoms with E-state index in [2.05, 4.69) is 30.1 Å². The van der Waals surface area contributed by atoms with E-state index in [0.29, 0.717) is 0 Å². The van der Waals surface area contributed by atoms with Crippen LogP contribution in [0.5, 0.6) is 0 Å². The molecule has 0 aromatic heterocycles. The van der Waals surface area contributed by atoms with Crippen molar-refractivity contribution in [2.45, 2.75) is 26.7 Å². The van der Waals surface area contributed by atoms with E-state index in [0.717, 1.165) is 17.9 Å². The lowest BCUT2D eigenvalue weighted by molar-refractivity contribution is 0.619. The van der Waals surface area contributed by atoms with Gasteiger partial charge in [-0.3, -0.25) is 0 Å². The molecule has 1 rings (SSSR count).